The number of halogens is 1. The highest BCUT2D eigenvalue weighted by Crippen LogP contribution is 2.55. The summed E-state index contributed by atoms with van der Waals surface area (Å²) in [5.74, 6) is 0. The van der Waals surface area contributed by atoms with Crippen molar-refractivity contribution in [2.24, 2.45) is 5.41 Å². The number of aromatic nitrogens is 5. The number of thiazole rings is 1. The molecular formula is C31H37ClN6O3S. The quantitative estimate of drug-likeness (QED) is 0.237. The van der Waals surface area contributed by atoms with Crippen molar-refractivity contribution < 1.29 is 14.3 Å². The molecule has 0 radical (unpaired) electrons. The molecule has 2 saturated heterocycles. The van der Waals surface area contributed by atoms with E-state index in [1.165, 1.54) is 0 Å². The van der Waals surface area contributed by atoms with Gasteiger partial charge in [0.2, 0.25) is 0 Å². The summed E-state index contributed by atoms with van der Waals surface area (Å²) in [5, 5.41) is 13.8. The van der Waals surface area contributed by atoms with Crippen LogP contribution in [0.2, 0.25) is 5.02 Å². The van der Waals surface area contributed by atoms with Gasteiger partial charge in [0.1, 0.15) is 17.0 Å². The Kier molecular flexibility index (Phi) is 6.67. The van der Waals surface area contributed by atoms with Gasteiger partial charge in [-0.05, 0) is 78.4 Å². The van der Waals surface area contributed by atoms with Gasteiger partial charge < -0.3 is 14.4 Å². The van der Waals surface area contributed by atoms with E-state index in [1.807, 2.05) is 47.4 Å². The maximum atomic E-state index is 12.5. The van der Waals surface area contributed by atoms with Gasteiger partial charge in [-0.25, -0.2) is 14.5 Å². The lowest BCUT2D eigenvalue weighted by molar-refractivity contribution is -0.0930. The van der Waals surface area contributed by atoms with Crippen LogP contribution in [-0.2, 0) is 9.47 Å². The molecule has 2 aliphatic heterocycles. The molecule has 222 valence electrons. The van der Waals surface area contributed by atoms with Crippen molar-refractivity contribution in [2.75, 3.05) is 19.7 Å². The van der Waals surface area contributed by atoms with Crippen LogP contribution < -0.4 is 0 Å². The van der Waals surface area contributed by atoms with E-state index in [4.69, 9.17) is 31.3 Å². The second kappa shape index (κ2) is 10.1. The number of aryl methyl sites for hydroxylation is 1. The highest BCUT2D eigenvalue weighted by Gasteiger charge is 2.55. The van der Waals surface area contributed by atoms with Crippen LogP contribution in [0.4, 0.5) is 4.79 Å². The monoisotopic (exact) mass is 608 g/mol. The van der Waals surface area contributed by atoms with Gasteiger partial charge in [0.05, 0.1) is 28.3 Å². The summed E-state index contributed by atoms with van der Waals surface area (Å²) in [6.07, 6.45) is 6.73. The van der Waals surface area contributed by atoms with Gasteiger partial charge >= 0.3 is 6.09 Å². The van der Waals surface area contributed by atoms with E-state index in [9.17, 15) is 4.79 Å². The molecule has 1 spiro atoms. The van der Waals surface area contributed by atoms with Gasteiger partial charge in [0.25, 0.3) is 0 Å². The number of nitrogens with zero attached hydrogens (tertiary/aromatic N) is 6. The smallest absolute Gasteiger partial charge is 0.410 e. The Bertz CT molecular complexity index is 1650. The number of fused-ring (bicyclic) bond motifs is 1. The van der Waals surface area contributed by atoms with Gasteiger partial charge in [0, 0.05) is 52.7 Å². The van der Waals surface area contributed by atoms with Crippen LogP contribution >= 0.6 is 22.9 Å². The maximum absolute atomic E-state index is 12.5. The Balaban J connectivity index is 1.24. The SMILES string of the molecule is Cc1cc2c(cnn2C2CCCCO2)c(-c2c(-c3cscn3)nn(C3CC4(C3)CN(C(=O)OC(C)(C)C)C4)c2C)c1Cl. The van der Waals surface area contributed by atoms with E-state index in [2.05, 4.69) is 29.6 Å². The summed E-state index contributed by atoms with van der Waals surface area (Å²) < 4.78 is 15.9. The molecule has 9 nitrogen and oxygen atoms in total. The highest BCUT2D eigenvalue weighted by atomic mass is 35.5. The molecule has 1 saturated carbocycles. The molecule has 1 aromatic carbocycles. The van der Waals surface area contributed by atoms with Crippen LogP contribution in [0.5, 0.6) is 0 Å². The Hall–Kier alpha value is -2.95. The lowest BCUT2D eigenvalue weighted by Crippen LogP contribution is -2.64. The first kappa shape index (κ1) is 27.9. The Morgan fingerprint density at radius 1 is 1.17 bits per heavy atom. The minimum atomic E-state index is -0.487. The van der Waals surface area contributed by atoms with Crippen LogP contribution in [-0.4, -0.2) is 60.8 Å². The molecule has 42 heavy (non-hydrogen) atoms. The van der Waals surface area contributed by atoms with Gasteiger partial charge in [-0.15, -0.1) is 11.3 Å². The Morgan fingerprint density at radius 3 is 2.62 bits per heavy atom. The summed E-state index contributed by atoms with van der Waals surface area (Å²) in [4.78, 5) is 19.0. The van der Waals surface area contributed by atoms with Crippen LogP contribution in [0.15, 0.2) is 23.2 Å². The molecule has 0 N–H and O–H groups in total. The van der Waals surface area contributed by atoms with E-state index in [0.29, 0.717) is 5.02 Å². The number of carbonyl (C=O) groups excluding carboxylic acids is 1. The average Bonchev–Trinajstić information content (AvgIpc) is 3.63. The summed E-state index contributed by atoms with van der Waals surface area (Å²) >= 11 is 8.70. The minimum Gasteiger partial charge on any atom is -0.444 e. The first-order valence-electron chi connectivity index (χ1n) is 14.8. The zero-order valence-electron chi connectivity index (χ0n) is 24.8. The lowest BCUT2D eigenvalue weighted by Gasteiger charge is -2.58. The molecule has 1 atom stereocenters. The Labute approximate surface area is 254 Å². The van der Waals surface area contributed by atoms with Crippen LogP contribution in [0.1, 0.15) is 76.4 Å². The van der Waals surface area contributed by atoms with Crippen LogP contribution in [0.3, 0.4) is 0 Å². The highest BCUT2D eigenvalue weighted by molar-refractivity contribution is 7.07. The predicted molar refractivity (Wildman–Crippen MR) is 164 cm³/mol. The van der Waals surface area contributed by atoms with Crippen molar-refractivity contribution in [2.45, 2.75) is 84.6 Å². The van der Waals surface area contributed by atoms with Crippen molar-refractivity contribution in [3.05, 3.63) is 39.4 Å². The second-order valence-electron chi connectivity index (χ2n) is 13.3. The molecule has 3 aliphatic rings. The number of likely N-dealkylation sites (tertiary alicyclic amines) is 1. The summed E-state index contributed by atoms with van der Waals surface area (Å²) in [6, 6.07) is 2.37. The molecule has 7 rings (SSSR count). The van der Waals surface area contributed by atoms with E-state index in [0.717, 1.165) is 96.5 Å². The van der Waals surface area contributed by atoms with Crippen molar-refractivity contribution in [1.29, 1.82) is 0 Å². The van der Waals surface area contributed by atoms with Crippen molar-refractivity contribution in [1.82, 2.24) is 29.4 Å². The number of carbonyl (C=O) groups is 1. The number of benzene rings is 1. The predicted octanol–water partition coefficient (Wildman–Crippen LogP) is 7.56. The fourth-order valence-corrected chi connectivity index (χ4v) is 7.74. The molecule has 5 heterocycles. The molecule has 11 heteroatoms. The number of ether oxygens (including phenoxy) is 2. The average molecular weight is 609 g/mol. The van der Waals surface area contributed by atoms with Crippen LogP contribution in [0, 0.1) is 19.3 Å². The fourth-order valence-electron chi connectivity index (χ4n) is 6.95. The van der Waals surface area contributed by atoms with Gasteiger partial charge in [0.15, 0.2) is 6.23 Å². The topological polar surface area (TPSA) is 87.3 Å². The Morgan fingerprint density at radius 2 is 1.95 bits per heavy atom. The van der Waals surface area contributed by atoms with Gasteiger partial charge in [-0.2, -0.15) is 10.2 Å². The molecule has 1 aliphatic carbocycles. The first-order chi connectivity index (χ1) is 20.0. The number of amides is 1. The molecule has 3 fully saturated rings. The van der Waals surface area contributed by atoms with E-state index >= 15 is 0 Å². The normalized spacial score (nSPS) is 20.6. The van der Waals surface area contributed by atoms with Crippen LogP contribution in [0.25, 0.3) is 33.4 Å². The third kappa shape index (κ3) is 4.62. The summed E-state index contributed by atoms with van der Waals surface area (Å²) in [7, 11) is 0. The zero-order valence-corrected chi connectivity index (χ0v) is 26.4. The lowest BCUT2D eigenvalue weighted by atomic mass is 9.61. The minimum absolute atomic E-state index is 0.0691. The van der Waals surface area contributed by atoms with Gasteiger partial charge in [-0.3, -0.25) is 4.68 Å². The molecule has 0 bridgehead atoms. The van der Waals surface area contributed by atoms with Gasteiger partial charge in [-0.1, -0.05) is 11.6 Å². The molecule has 4 aromatic rings. The van der Waals surface area contributed by atoms with E-state index in [-0.39, 0.29) is 23.8 Å². The number of hydrogen-bond acceptors (Lipinski definition) is 7. The zero-order chi connectivity index (χ0) is 29.4. The van der Waals surface area contributed by atoms with Crippen molar-refractivity contribution in [3.63, 3.8) is 0 Å². The second-order valence-corrected chi connectivity index (χ2v) is 14.3. The summed E-state index contributed by atoms with van der Waals surface area (Å²) in [6.45, 7) is 12.1. The standard InChI is InChI=1S/C31H37ClN6O3S/c1-18-10-23-21(13-34-38(23)24-8-6-7-9-40-24)26(27(18)32)25-19(2)37(35-28(25)22-14-42-17-33-22)20-11-31(12-20)15-36(16-31)29(39)41-30(3,4)5/h10,13-14,17,20,24H,6-9,11-12,15-16H2,1-5H3. The molecule has 3 aromatic heterocycles. The summed E-state index contributed by atoms with van der Waals surface area (Å²) in [5.41, 5.74) is 8.22. The van der Waals surface area contributed by atoms with Crippen molar-refractivity contribution >= 4 is 39.9 Å². The first-order valence-corrected chi connectivity index (χ1v) is 16.1. The number of hydrogen-bond donors (Lipinski definition) is 0. The molecule has 1 unspecified atom stereocenters. The maximum Gasteiger partial charge on any atom is 0.410 e. The third-order valence-corrected chi connectivity index (χ3v) is 9.99. The van der Waals surface area contributed by atoms with Crippen molar-refractivity contribution in [3.8, 4) is 22.5 Å². The molecular weight excluding hydrogens is 572 g/mol. The fraction of sp³-hybridized carbons (Fsp3) is 0.548. The molecule has 1 amide bonds. The van der Waals surface area contributed by atoms with E-state index in [1.54, 1.807) is 11.3 Å². The van der Waals surface area contributed by atoms with E-state index < -0.39 is 5.60 Å². The third-order valence-electron chi connectivity index (χ3n) is 8.91. The number of rotatable bonds is 4. The largest absolute Gasteiger partial charge is 0.444 e.